The minimum atomic E-state index is -0.578. The molecule has 2 heterocycles. The lowest BCUT2D eigenvalue weighted by Gasteiger charge is -2.40. The normalized spacial score (nSPS) is 18.2. The fourth-order valence-electron chi connectivity index (χ4n) is 4.70. The topological polar surface area (TPSA) is 102 Å². The van der Waals surface area contributed by atoms with Crippen LogP contribution in [0.2, 0.25) is 0 Å². The van der Waals surface area contributed by atoms with E-state index in [0.29, 0.717) is 31.7 Å². The van der Waals surface area contributed by atoms with Gasteiger partial charge in [0.15, 0.2) is 0 Å². The molecular formula is C25H28N6O2. The molecule has 1 amide bonds. The zero-order chi connectivity index (χ0) is 23.3. The number of amides is 1. The predicted molar refractivity (Wildman–Crippen MR) is 126 cm³/mol. The highest BCUT2D eigenvalue weighted by Crippen LogP contribution is 2.35. The van der Waals surface area contributed by atoms with Crippen LogP contribution in [-0.4, -0.2) is 53.6 Å². The van der Waals surface area contributed by atoms with Gasteiger partial charge in [0.1, 0.15) is 11.4 Å². The van der Waals surface area contributed by atoms with Gasteiger partial charge in [-0.2, -0.15) is 10.3 Å². The summed E-state index contributed by atoms with van der Waals surface area (Å²) in [6.45, 7) is 4.55. The van der Waals surface area contributed by atoms with Gasteiger partial charge in [-0.1, -0.05) is 18.9 Å². The molecule has 2 fully saturated rings. The summed E-state index contributed by atoms with van der Waals surface area (Å²) in [5, 5.41) is 12.5. The maximum Gasteiger partial charge on any atom is 0.248 e. The first-order valence-corrected chi connectivity index (χ1v) is 11.4. The molecule has 2 aliphatic rings. The minimum absolute atomic E-state index is 0.160. The highest BCUT2D eigenvalue weighted by molar-refractivity contribution is 5.90. The second-order valence-electron chi connectivity index (χ2n) is 8.73. The predicted octanol–water partition coefficient (Wildman–Crippen LogP) is 3.42. The van der Waals surface area contributed by atoms with Gasteiger partial charge in [-0.05, 0) is 55.7 Å². The molecule has 1 saturated heterocycles. The first kappa shape index (κ1) is 22.5. The van der Waals surface area contributed by atoms with E-state index >= 15 is 0 Å². The number of nitrogens with one attached hydrogen (secondary N) is 1. The number of nitrogens with zero attached hydrogens (tertiary/aromatic N) is 5. The van der Waals surface area contributed by atoms with Crippen molar-refractivity contribution in [3.05, 3.63) is 53.7 Å². The van der Waals surface area contributed by atoms with Crippen LogP contribution in [0.4, 0.5) is 11.5 Å². The smallest absolute Gasteiger partial charge is 0.248 e. The summed E-state index contributed by atoms with van der Waals surface area (Å²) in [6, 6.07) is 13.0. The number of piperazine rings is 1. The van der Waals surface area contributed by atoms with E-state index in [9.17, 15) is 9.59 Å². The van der Waals surface area contributed by atoms with Gasteiger partial charge < -0.3 is 15.1 Å². The summed E-state index contributed by atoms with van der Waals surface area (Å²) in [6.07, 6.45) is 7.01. The van der Waals surface area contributed by atoms with Crippen molar-refractivity contribution < 1.29 is 9.59 Å². The molecule has 1 aliphatic heterocycles. The SMILES string of the molecule is CC(N=C=O)c1ccc(N2CCN(C(=O)C3(Nc4ccc(C#N)cc4)CCCC3)CC2)nc1. The van der Waals surface area contributed by atoms with Gasteiger partial charge >= 0.3 is 0 Å². The Morgan fingerprint density at radius 1 is 1.12 bits per heavy atom. The van der Waals surface area contributed by atoms with Crippen LogP contribution in [0.5, 0.6) is 0 Å². The number of nitriles is 1. The van der Waals surface area contributed by atoms with Crippen molar-refractivity contribution >= 4 is 23.5 Å². The Hall–Kier alpha value is -3.69. The van der Waals surface area contributed by atoms with Crippen LogP contribution >= 0.6 is 0 Å². The molecule has 1 aromatic heterocycles. The second kappa shape index (κ2) is 9.85. The summed E-state index contributed by atoms with van der Waals surface area (Å²) in [7, 11) is 0. The fraction of sp³-hybridized carbons (Fsp3) is 0.440. The van der Waals surface area contributed by atoms with Gasteiger partial charge in [-0.25, -0.2) is 9.78 Å². The number of carbonyl (C=O) groups is 1. The molecule has 170 valence electrons. The van der Waals surface area contributed by atoms with Crippen molar-refractivity contribution in [2.24, 2.45) is 4.99 Å². The lowest BCUT2D eigenvalue weighted by molar-refractivity contribution is -0.136. The number of carbonyl (C=O) groups excluding carboxylic acids is 2. The number of benzene rings is 1. The molecule has 0 radical (unpaired) electrons. The summed E-state index contributed by atoms with van der Waals surface area (Å²) < 4.78 is 0. The molecule has 1 aliphatic carbocycles. The third-order valence-corrected chi connectivity index (χ3v) is 6.65. The Bertz CT molecular complexity index is 1060. The van der Waals surface area contributed by atoms with Gasteiger partial charge in [0, 0.05) is 38.1 Å². The quantitative estimate of drug-likeness (QED) is 0.541. The van der Waals surface area contributed by atoms with Crippen molar-refractivity contribution in [1.82, 2.24) is 9.88 Å². The van der Waals surface area contributed by atoms with Crippen molar-refractivity contribution in [3.8, 4) is 6.07 Å². The average molecular weight is 445 g/mol. The maximum atomic E-state index is 13.6. The molecule has 4 rings (SSSR count). The van der Waals surface area contributed by atoms with Gasteiger partial charge in [-0.15, -0.1) is 0 Å². The Balaban J connectivity index is 1.40. The average Bonchev–Trinajstić information content (AvgIpc) is 3.34. The minimum Gasteiger partial charge on any atom is -0.371 e. The standard InChI is InChI=1S/C25H28N6O2/c1-19(28-18-32)21-6-9-23(27-17-21)30-12-14-31(15-13-30)24(33)25(10-2-3-11-25)29-22-7-4-20(16-26)5-8-22/h4-9,17,19,29H,2-3,10-15H2,1H3. The molecule has 0 bridgehead atoms. The highest BCUT2D eigenvalue weighted by Gasteiger charge is 2.44. The van der Waals surface area contributed by atoms with Crippen LogP contribution in [-0.2, 0) is 9.59 Å². The molecule has 1 N–H and O–H groups in total. The van der Waals surface area contributed by atoms with Crippen molar-refractivity contribution in [3.63, 3.8) is 0 Å². The first-order chi connectivity index (χ1) is 16.0. The summed E-state index contributed by atoms with van der Waals surface area (Å²) >= 11 is 0. The second-order valence-corrected chi connectivity index (χ2v) is 8.73. The van der Waals surface area contributed by atoms with Gasteiger partial charge in [0.2, 0.25) is 12.0 Å². The molecule has 1 aromatic carbocycles. The third kappa shape index (κ3) is 4.89. The van der Waals surface area contributed by atoms with Gasteiger partial charge in [0.05, 0.1) is 17.7 Å². The molecule has 8 heteroatoms. The zero-order valence-electron chi connectivity index (χ0n) is 18.8. The number of anilines is 2. The molecular weight excluding hydrogens is 416 g/mol. The van der Waals surface area contributed by atoms with E-state index in [2.05, 4.69) is 26.3 Å². The van der Waals surface area contributed by atoms with E-state index in [4.69, 9.17) is 5.26 Å². The number of hydrogen-bond donors (Lipinski definition) is 1. The van der Waals surface area contributed by atoms with Gasteiger partial charge in [-0.3, -0.25) is 4.79 Å². The van der Waals surface area contributed by atoms with E-state index < -0.39 is 5.54 Å². The highest BCUT2D eigenvalue weighted by atomic mass is 16.2. The van der Waals surface area contributed by atoms with E-state index in [1.54, 1.807) is 24.4 Å². The Kier molecular flexibility index (Phi) is 6.71. The Labute approximate surface area is 193 Å². The summed E-state index contributed by atoms with van der Waals surface area (Å²) in [5.41, 5.74) is 1.77. The molecule has 33 heavy (non-hydrogen) atoms. The van der Waals surface area contributed by atoms with Crippen LogP contribution in [0.1, 0.15) is 49.8 Å². The van der Waals surface area contributed by atoms with Crippen molar-refractivity contribution in [2.45, 2.75) is 44.2 Å². The monoisotopic (exact) mass is 444 g/mol. The number of aliphatic imine (C=N–C) groups is 1. The van der Waals surface area contributed by atoms with Crippen LogP contribution in [0.25, 0.3) is 0 Å². The van der Waals surface area contributed by atoms with Crippen LogP contribution < -0.4 is 10.2 Å². The molecule has 0 spiro atoms. The van der Waals surface area contributed by atoms with Crippen LogP contribution in [0.15, 0.2) is 47.6 Å². The number of aromatic nitrogens is 1. The zero-order valence-corrected chi connectivity index (χ0v) is 18.8. The van der Waals surface area contributed by atoms with E-state index in [0.717, 1.165) is 42.8 Å². The molecule has 8 nitrogen and oxygen atoms in total. The number of isocyanates is 1. The lowest BCUT2D eigenvalue weighted by Crippen LogP contribution is -2.57. The summed E-state index contributed by atoms with van der Waals surface area (Å²) in [4.78, 5) is 36.5. The van der Waals surface area contributed by atoms with Crippen LogP contribution in [0.3, 0.4) is 0 Å². The van der Waals surface area contributed by atoms with E-state index in [1.165, 1.54) is 0 Å². The molecule has 1 unspecified atom stereocenters. The molecule has 2 aromatic rings. The van der Waals surface area contributed by atoms with Crippen LogP contribution in [0, 0.1) is 11.3 Å². The van der Waals surface area contributed by atoms with Crippen molar-refractivity contribution in [1.29, 1.82) is 5.26 Å². The largest absolute Gasteiger partial charge is 0.371 e. The Morgan fingerprint density at radius 3 is 2.39 bits per heavy atom. The lowest BCUT2D eigenvalue weighted by atomic mass is 9.94. The fourth-order valence-corrected chi connectivity index (χ4v) is 4.70. The number of pyridine rings is 1. The van der Waals surface area contributed by atoms with Crippen molar-refractivity contribution in [2.75, 3.05) is 36.4 Å². The van der Waals surface area contributed by atoms with E-state index in [-0.39, 0.29) is 11.9 Å². The summed E-state index contributed by atoms with van der Waals surface area (Å²) in [5.74, 6) is 1.02. The molecule has 1 saturated carbocycles. The first-order valence-electron chi connectivity index (χ1n) is 11.4. The number of hydrogen-bond acceptors (Lipinski definition) is 7. The molecule has 1 atom stereocenters. The Morgan fingerprint density at radius 2 is 1.82 bits per heavy atom. The van der Waals surface area contributed by atoms with E-state index in [1.807, 2.05) is 36.1 Å². The number of rotatable bonds is 6. The third-order valence-electron chi connectivity index (χ3n) is 6.65. The maximum absolute atomic E-state index is 13.6. The van der Waals surface area contributed by atoms with Gasteiger partial charge in [0.25, 0.3) is 0 Å².